The highest BCUT2D eigenvalue weighted by Crippen LogP contribution is 2.42. The minimum Gasteiger partial charge on any atom is -0.325 e. The first-order valence-electron chi connectivity index (χ1n) is 7.09. The van der Waals surface area contributed by atoms with Crippen LogP contribution in [0, 0.1) is 5.92 Å². The third-order valence-corrected chi connectivity index (χ3v) is 4.38. The van der Waals surface area contributed by atoms with Crippen LogP contribution in [0.4, 0.5) is 10.5 Å². The van der Waals surface area contributed by atoms with Crippen LogP contribution < -0.4 is 10.6 Å². The van der Waals surface area contributed by atoms with Gasteiger partial charge in [0.2, 0.25) is 5.91 Å². The molecule has 0 spiro atoms. The molecule has 6 nitrogen and oxygen atoms in total. The third-order valence-electron chi connectivity index (χ3n) is 4.12. The van der Waals surface area contributed by atoms with E-state index in [4.69, 9.17) is 11.6 Å². The minimum absolute atomic E-state index is 0.174. The van der Waals surface area contributed by atoms with E-state index < -0.39 is 17.5 Å². The molecule has 3 rings (SSSR count). The summed E-state index contributed by atoms with van der Waals surface area (Å²) >= 11 is 5.77. The molecule has 1 aliphatic heterocycles. The Bertz CT molecular complexity index is 642. The average molecular weight is 322 g/mol. The molecule has 4 amide bonds. The van der Waals surface area contributed by atoms with Crippen molar-refractivity contribution in [3.8, 4) is 0 Å². The zero-order valence-electron chi connectivity index (χ0n) is 12.1. The summed E-state index contributed by atoms with van der Waals surface area (Å²) < 4.78 is 0. The summed E-state index contributed by atoms with van der Waals surface area (Å²) in [5.41, 5.74) is -0.302. The number of hydrogen-bond acceptors (Lipinski definition) is 3. The van der Waals surface area contributed by atoms with E-state index in [2.05, 4.69) is 10.6 Å². The van der Waals surface area contributed by atoms with Crippen LogP contribution in [0.25, 0.3) is 0 Å². The minimum atomic E-state index is -0.863. The van der Waals surface area contributed by atoms with Crippen molar-refractivity contribution < 1.29 is 14.4 Å². The summed E-state index contributed by atoms with van der Waals surface area (Å²) in [5, 5.41) is 5.91. The van der Waals surface area contributed by atoms with Crippen molar-refractivity contribution in [2.75, 3.05) is 11.9 Å². The maximum atomic E-state index is 12.4. The zero-order valence-corrected chi connectivity index (χ0v) is 12.8. The fraction of sp³-hybridized carbons (Fsp3) is 0.400. The Hall–Kier alpha value is -2.08. The number of amides is 4. The van der Waals surface area contributed by atoms with Crippen molar-refractivity contribution in [3.05, 3.63) is 29.3 Å². The van der Waals surface area contributed by atoms with Gasteiger partial charge in [0.15, 0.2) is 0 Å². The van der Waals surface area contributed by atoms with Gasteiger partial charge in [-0.3, -0.25) is 14.5 Å². The van der Waals surface area contributed by atoms with Gasteiger partial charge in [-0.1, -0.05) is 11.6 Å². The number of rotatable bonds is 4. The third kappa shape index (κ3) is 2.66. The number of hydrogen-bond donors (Lipinski definition) is 2. The van der Waals surface area contributed by atoms with Crippen molar-refractivity contribution in [1.29, 1.82) is 0 Å². The number of benzene rings is 1. The lowest BCUT2D eigenvalue weighted by atomic mass is 9.96. The summed E-state index contributed by atoms with van der Waals surface area (Å²) in [4.78, 5) is 37.4. The van der Waals surface area contributed by atoms with E-state index in [1.807, 2.05) is 0 Å². The highest BCUT2D eigenvalue weighted by molar-refractivity contribution is 6.30. The molecule has 1 aliphatic carbocycles. The second-order valence-electron chi connectivity index (χ2n) is 5.85. The van der Waals surface area contributed by atoms with Crippen LogP contribution in [0.2, 0.25) is 5.02 Å². The van der Waals surface area contributed by atoms with Crippen LogP contribution in [0.1, 0.15) is 19.8 Å². The molecule has 1 saturated carbocycles. The van der Waals surface area contributed by atoms with E-state index in [0.29, 0.717) is 10.7 Å². The van der Waals surface area contributed by atoms with Crippen LogP contribution in [0.3, 0.4) is 0 Å². The first-order chi connectivity index (χ1) is 10.4. The maximum Gasteiger partial charge on any atom is 0.325 e. The van der Waals surface area contributed by atoms with E-state index in [-0.39, 0.29) is 18.4 Å². The van der Waals surface area contributed by atoms with Crippen molar-refractivity contribution >= 4 is 35.1 Å². The normalized spacial score (nSPS) is 24.4. The number of nitrogens with zero attached hydrogens (tertiary/aromatic N) is 1. The van der Waals surface area contributed by atoms with E-state index in [1.165, 1.54) is 0 Å². The van der Waals surface area contributed by atoms with Crippen molar-refractivity contribution in [1.82, 2.24) is 10.2 Å². The molecule has 116 valence electrons. The van der Waals surface area contributed by atoms with Gasteiger partial charge in [0, 0.05) is 10.7 Å². The summed E-state index contributed by atoms with van der Waals surface area (Å²) in [6.07, 6.45) is 1.85. The number of carbonyl (C=O) groups is 3. The number of imide groups is 1. The zero-order chi connectivity index (χ0) is 15.9. The largest absolute Gasteiger partial charge is 0.325 e. The molecule has 7 heteroatoms. The topological polar surface area (TPSA) is 78.5 Å². The first kappa shape index (κ1) is 14.8. The molecule has 22 heavy (non-hydrogen) atoms. The van der Waals surface area contributed by atoms with Crippen LogP contribution in [0.5, 0.6) is 0 Å². The van der Waals surface area contributed by atoms with E-state index >= 15 is 0 Å². The molecule has 2 fully saturated rings. The summed E-state index contributed by atoms with van der Waals surface area (Å²) in [5.74, 6) is -0.578. The standard InChI is InChI=1S/C15H16ClN3O3/c1-15(9-2-3-9)13(21)19(14(22)18-15)8-12(20)17-11-6-4-10(16)5-7-11/h4-7,9H,2-3,8H2,1H3,(H,17,20)(H,18,22). The Labute approximate surface area is 132 Å². The molecular weight excluding hydrogens is 306 g/mol. The lowest BCUT2D eigenvalue weighted by molar-refractivity contribution is -0.134. The van der Waals surface area contributed by atoms with Crippen LogP contribution in [0.15, 0.2) is 24.3 Å². The lowest BCUT2D eigenvalue weighted by Gasteiger charge is -2.20. The number of carbonyl (C=O) groups excluding carboxylic acids is 3. The molecular formula is C15H16ClN3O3. The van der Waals surface area contributed by atoms with E-state index in [1.54, 1.807) is 31.2 Å². The molecule has 0 radical (unpaired) electrons. The smallest absolute Gasteiger partial charge is 0.325 e. The van der Waals surface area contributed by atoms with E-state index in [9.17, 15) is 14.4 Å². The molecule has 1 saturated heterocycles. The Morgan fingerprint density at radius 3 is 2.59 bits per heavy atom. The van der Waals surface area contributed by atoms with Gasteiger partial charge in [-0.05, 0) is 49.9 Å². The van der Waals surface area contributed by atoms with Gasteiger partial charge in [0.25, 0.3) is 5.91 Å². The number of anilines is 1. The fourth-order valence-electron chi connectivity index (χ4n) is 2.67. The SMILES string of the molecule is CC1(C2CC2)NC(=O)N(CC(=O)Nc2ccc(Cl)cc2)C1=O. The van der Waals surface area contributed by atoms with Gasteiger partial charge in [0.05, 0.1) is 0 Å². The molecule has 1 unspecified atom stereocenters. The molecule has 2 N–H and O–H groups in total. The highest BCUT2D eigenvalue weighted by Gasteiger charge is 2.56. The van der Waals surface area contributed by atoms with Crippen LogP contribution in [-0.2, 0) is 9.59 Å². The van der Waals surface area contributed by atoms with Gasteiger partial charge in [-0.2, -0.15) is 0 Å². The predicted octanol–water partition coefficient (Wildman–Crippen LogP) is 2.00. The maximum absolute atomic E-state index is 12.4. The average Bonchev–Trinajstić information content (AvgIpc) is 3.28. The Balaban J connectivity index is 1.65. The van der Waals surface area contributed by atoms with Crippen LogP contribution >= 0.6 is 11.6 Å². The number of nitrogens with one attached hydrogen (secondary N) is 2. The Kier molecular flexibility index (Phi) is 3.56. The molecule has 1 aromatic carbocycles. The molecule has 0 aromatic heterocycles. The molecule has 1 heterocycles. The Morgan fingerprint density at radius 2 is 2.00 bits per heavy atom. The summed E-state index contributed by atoms with van der Waals surface area (Å²) in [7, 11) is 0. The van der Waals surface area contributed by atoms with Crippen molar-refractivity contribution in [2.24, 2.45) is 5.92 Å². The summed E-state index contributed by atoms with van der Waals surface area (Å²) in [6, 6.07) is 6.09. The van der Waals surface area contributed by atoms with Gasteiger partial charge < -0.3 is 10.6 Å². The second-order valence-corrected chi connectivity index (χ2v) is 6.29. The predicted molar refractivity (Wildman–Crippen MR) is 81.5 cm³/mol. The van der Waals surface area contributed by atoms with Gasteiger partial charge in [-0.15, -0.1) is 0 Å². The monoisotopic (exact) mass is 321 g/mol. The van der Waals surface area contributed by atoms with Gasteiger partial charge in [-0.25, -0.2) is 4.79 Å². The van der Waals surface area contributed by atoms with Crippen molar-refractivity contribution in [3.63, 3.8) is 0 Å². The summed E-state index contributed by atoms with van der Waals surface area (Å²) in [6.45, 7) is 1.43. The molecule has 1 aromatic rings. The highest BCUT2D eigenvalue weighted by atomic mass is 35.5. The second kappa shape index (κ2) is 5.28. The number of halogens is 1. The Morgan fingerprint density at radius 1 is 1.36 bits per heavy atom. The van der Waals surface area contributed by atoms with Gasteiger partial charge >= 0.3 is 6.03 Å². The van der Waals surface area contributed by atoms with Gasteiger partial charge in [0.1, 0.15) is 12.1 Å². The molecule has 1 atom stereocenters. The quantitative estimate of drug-likeness (QED) is 0.833. The fourth-order valence-corrected chi connectivity index (χ4v) is 2.80. The van der Waals surface area contributed by atoms with E-state index in [0.717, 1.165) is 17.7 Å². The lowest BCUT2D eigenvalue weighted by Crippen LogP contribution is -2.46. The first-order valence-corrected chi connectivity index (χ1v) is 7.47. The van der Waals surface area contributed by atoms with Crippen molar-refractivity contribution in [2.45, 2.75) is 25.3 Å². The molecule has 2 aliphatic rings. The van der Waals surface area contributed by atoms with Crippen LogP contribution in [-0.4, -0.2) is 34.8 Å². The molecule has 0 bridgehead atoms. The number of urea groups is 1.